The first-order chi connectivity index (χ1) is 9.71. The molecule has 14 heteroatoms. The molecule has 0 saturated carbocycles. The minimum atomic E-state index is -4.91. The Morgan fingerprint density at radius 2 is 1.40 bits per heavy atom. The Morgan fingerprint density at radius 3 is 1.84 bits per heavy atom. The van der Waals surface area contributed by atoms with Crippen molar-refractivity contribution in [2.75, 3.05) is 13.2 Å². The molecule has 0 heterocycles. The van der Waals surface area contributed by atoms with Crippen LogP contribution in [-0.2, 0) is 9.13 Å². The van der Waals surface area contributed by atoms with E-state index in [2.05, 4.69) is 5.32 Å². The molecule has 1 aromatic rings. The van der Waals surface area contributed by atoms with E-state index in [0.29, 0.717) is 25.2 Å². The van der Waals surface area contributed by atoms with Crippen LogP contribution >= 0.6 is 15.2 Å². The summed E-state index contributed by atoms with van der Waals surface area (Å²) in [5.74, 6) is 0.716. The molecule has 9 N–H and O–H groups in total. The van der Waals surface area contributed by atoms with Crippen molar-refractivity contribution in [3.63, 3.8) is 0 Å². The number of unbranched alkanes of at least 4 members (excludes halogenated alkanes) is 1. The Balaban J connectivity index is -0.000000551. The molecule has 25 heavy (non-hydrogen) atoms. The average molecular weight is 423 g/mol. The predicted octanol–water partition coefficient (Wildman–Crippen LogP) is -1.87. The number of benzene rings is 1. The van der Waals surface area contributed by atoms with Gasteiger partial charge in [-0.2, -0.15) is 0 Å². The van der Waals surface area contributed by atoms with Crippen LogP contribution in [0.2, 0.25) is 0 Å². The van der Waals surface area contributed by atoms with Crippen LogP contribution in [0.3, 0.4) is 0 Å². The van der Waals surface area contributed by atoms with Crippen molar-refractivity contribution in [3.8, 4) is 5.75 Å². The molecular weight excluding hydrogens is 398 g/mol. The van der Waals surface area contributed by atoms with Crippen molar-refractivity contribution in [3.05, 3.63) is 30.3 Å². The van der Waals surface area contributed by atoms with Crippen molar-refractivity contribution in [2.24, 2.45) is 0 Å². The number of nitrogens with one attached hydrogen (secondary N) is 1. The zero-order valence-electron chi connectivity index (χ0n) is 12.2. The third-order valence-electron chi connectivity index (χ3n) is 2.55. The van der Waals surface area contributed by atoms with Crippen molar-refractivity contribution < 1.29 is 44.4 Å². The van der Waals surface area contributed by atoms with E-state index in [9.17, 15) is 9.13 Å². The summed E-state index contributed by atoms with van der Waals surface area (Å²) < 4.78 is 27.4. The topological polar surface area (TPSA) is 199 Å². The van der Waals surface area contributed by atoms with E-state index in [1.165, 1.54) is 0 Å². The molecule has 140 valence electrons. The Morgan fingerprint density at radius 1 is 0.920 bits per heavy atom. The molecule has 0 radical (unpaired) electrons. The summed E-state index contributed by atoms with van der Waals surface area (Å²) in [6.07, 6.45) is 1.04. The van der Waals surface area contributed by atoms with Crippen LogP contribution in [0.5, 0.6) is 5.75 Å². The minimum absolute atomic E-state index is 0. The van der Waals surface area contributed by atoms with E-state index in [1.807, 2.05) is 18.2 Å². The number of hydrogen-bond donors (Lipinski definition) is 5. The molecule has 0 unspecified atom stereocenters. The fraction of sp³-hybridized carbons (Fsp3) is 0.455. The van der Waals surface area contributed by atoms with E-state index in [4.69, 9.17) is 24.3 Å². The van der Waals surface area contributed by atoms with Crippen molar-refractivity contribution in [1.82, 2.24) is 5.32 Å². The first kappa shape index (κ1) is 33.8. The summed E-state index contributed by atoms with van der Waals surface area (Å²) in [6.45, 7) is 0.473. The molecule has 0 atom stereocenters. The van der Waals surface area contributed by atoms with Gasteiger partial charge in [0, 0.05) is 0 Å². The summed E-state index contributed by atoms with van der Waals surface area (Å²) in [5.41, 5.74) is -2.15. The van der Waals surface area contributed by atoms with Gasteiger partial charge in [-0.15, -0.1) is 0 Å². The molecule has 1 rings (SSSR count). The number of hydrogen-bond acceptors (Lipinski definition) is 4. The van der Waals surface area contributed by atoms with E-state index in [1.54, 1.807) is 12.1 Å². The Labute approximate surface area is 190 Å². The van der Waals surface area contributed by atoms with Gasteiger partial charge in [0.25, 0.3) is 0 Å². The third kappa shape index (κ3) is 14.9. The summed E-state index contributed by atoms with van der Waals surface area (Å²) >= 11 is 0. The normalized spacial score (nSPS) is 10.6. The standard InChI is InChI=1S/C11H19NO7P2.2Na.2H2O.2H/c13-20(14,15)11(21(16,17)18)12-8-4-5-9-19-10-6-2-1-3-7-10;;;;;;/h1-3,6-7,11-12H,4-5,8-9H2,(H2,13,14,15)(H2,16,17,18);;;2*1H2;;. The molecular formula is C11H25NNa2O9P2. The Hall–Kier alpha value is 1.20. The van der Waals surface area contributed by atoms with Gasteiger partial charge in [0.1, 0.15) is 5.75 Å². The summed E-state index contributed by atoms with van der Waals surface area (Å²) in [5, 5.41) is 2.22. The number of para-hydroxylation sites is 1. The van der Waals surface area contributed by atoms with Gasteiger partial charge in [-0.1, -0.05) is 18.2 Å². The molecule has 0 aliphatic rings. The number of rotatable bonds is 9. The molecule has 0 fully saturated rings. The van der Waals surface area contributed by atoms with Gasteiger partial charge in [0.2, 0.25) is 5.52 Å². The molecule has 0 aliphatic heterocycles. The second-order valence-electron chi connectivity index (χ2n) is 4.37. The Kier molecular flexibility index (Phi) is 21.9. The SMILES string of the molecule is O.O.O=P(O)(O)C(NCCCCOc1ccccc1)P(=O)(O)O.[NaH].[NaH]. The second-order valence-corrected chi connectivity index (χ2v) is 8.17. The second kappa shape index (κ2) is 16.2. The van der Waals surface area contributed by atoms with Crippen LogP contribution in [-0.4, -0.2) is 108 Å². The van der Waals surface area contributed by atoms with Crippen LogP contribution in [0, 0.1) is 0 Å². The van der Waals surface area contributed by atoms with Gasteiger partial charge in [-0.3, -0.25) is 14.4 Å². The molecule has 0 bridgehead atoms. The van der Waals surface area contributed by atoms with Crippen LogP contribution < -0.4 is 10.1 Å². The maximum absolute atomic E-state index is 11.0. The van der Waals surface area contributed by atoms with Crippen LogP contribution in [0.15, 0.2) is 30.3 Å². The van der Waals surface area contributed by atoms with Crippen molar-refractivity contribution >= 4 is 74.3 Å². The first-order valence-electron chi connectivity index (χ1n) is 6.23. The van der Waals surface area contributed by atoms with E-state index >= 15 is 0 Å². The van der Waals surface area contributed by atoms with Gasteiger partial charge in [0.15, 0.2) is 0 Å². The van der Waals surface area contributed by atoms with Gasteiger partial charge in [-0.25, -0.2) is 0 Å². The van der Waals surface area contributed by atoms with Gasteiger partial charge in [-0.05, 0) is 31.5 Å². The molecule has 0 saturated heterocycles. The van der Waals surface area contributed by atoms with Crippen LogP contribution in [0.25, 0.3) is 0 Å². The zero-order chi connectivity index (χ0) is 15.9. The molecule has 0 aromatic heterocycles. The summed E-state index contributed by atoms with van der Waals surface area (Å²) in [7, 11) is -9.81. The first-order valence-corrected chi connectivity index (χ1v) is 9.59. The number of ether oxygens (including phenoxy) is 1. The molecule has 0 aliphatic carbocycles. The zero-order valence-corrected chi connectivity index (χ0v) is 14.0. The fourth-order valence-electron chi connectivity index (χ4n) is 1.60. The van der Waals surface area contributed by atoms with E-state index in [-0.39, 0.29) is 76.6 Å². The van der Waals surface area contributed by atoms with Crippen LogP contribution in [0.4, 0.5) is 0 Å². The van der Waals surface area contributed by atoms with Crippen molar-refractivity contribution in [2.45, 2.75) is 18.4 Å². The molecule has 0 spiro atoms. The van der Waals surface area contributed by atoms with E-state index in [0.717, 1.165) is 0 Å². The Bertz CT molecular complexity index is 504. The van der Waals surface area contributed by atoms with Gasteiger partial charge < -0.3 is 35.3 Å². The maximum atomic E-state index is 11.0. The molecule has 10 nitrogen and oxygen atoms in total. The average Bonchev–Trinajstić information content (AvgIpc) is 2.35. The van der Waals surface area contributed by atoms with Gasteiger partial charge >= 0.3 is 74.3 Å². The van der Waals surface area contributed by atoms with Gasteiger partial charge in [0.05, 0.1) is 6.61 Å². The van der Waals surface area contributed by atoms with E-state index < -0.39 is 20.7 Å². The van der Waals surface area contributed by atoms with Crippen LogP contribution in [0.1, 0.15) is 12.8 Å². The summed E-state index contributed by atoms with van der Waals surface area (Å²) in [4.78, 5) is 35.6. The van der Waals surface area contributed by atoms with Crippen molar-refractivity contribution in [1.29, 1.82) is 0 Å². The predicted molar refractivity (Wildman–Crippen MR) is 98.6 cm³/mol. The monoisotopic (exact) mass is 423 g/mol. The molecule has 0 amide bonds. The summed E-state index contributed by atoms with van der Waals surface area (Å²) in [6, 6.07) is 9.13. The quantitative estimate of drug-likeness (QED) is 0.173. The third-order valence-corrected chi connectivity index (χ3v) is 5.99. The molecule has 1 aromatic carbocycles. The fourth-order valence-corrected chi connectivity index (χ4v) is 3.90.